The van der Waals surface area contributed by atoms with Crippen LogP contribution in [0.4, 0.5) is 6.01 Å². The number of hydrogen-bond donors (Lipinski definition) is 2. The Bertz CT molecular complexity index is 902. The van der Waals surface area contributed by atoms with Crippen LogP contribution >= 0.6 is 0 Å². The quantitative estimate of drug-likeness (QED) is 0.442. The van der Waals surface area contributed by atoms with Gasteiger partial charge in [-0.15, -0.1) is 0 Å². The van der Waals surface area contributed by atoms with E-state index >= 15 is 0 Å². The van der Waals surface area contributed by atoms with E-state index in [1.807, 2.05) is 54.7 Å². The van der Waals surface area contributed by atoms with Gasteiger partial charge in [-0.2, -0.15) is 10.1 Å². The Morgan fingerprint density at radius 2 is 1.95 bits per heavy atom. The SMILES string of the molecule is C(=N\Nc1nc2ccccc2o1)/c1c[nH]c2ccccc12. The Labute approximate surface area is 120 Å². The Balaban J connectivity index is 1.58. The van der Waals surface area contributed by atoms with E-state index in [1.54, 1.807) is 6.21 Å². The molecule has 0 radical (unpaired) electrons. The van der Waals surface area contributed by atoms with E-state index in [4.69, 9.17) is 4.42 Å². The van der Waals surface area contributed by atoms with E-state index in [1.165, 1.54) is 0 Å². The number of oxazole rings is 1. The van der Waals surface area contributed by atoms with Crippen LogP contribution in [0.25, 0.3) is 22.0 Å². The van der Waals surface area contributed by atoms with Crippen LogP contribution in [0.15, 0.2) is 64.2 Å². The van der Waals surface area contributed by atoms with E-state index < -0.39 is 0 Å². The smallest absolute Gasteiger partial charge is 0.316 e. The van der Waals surface area contributed by atoms with Gasteiger partial charge < -0.3 is 9.40 Å². The van der Waals surface area contributed by atoms with Crippen molar-refractivity contribution in [2.75, 3.05) is 5.43 Å². The molecule has 2 aromatic heterocycles. The van der Waals surface area contributed by atoms with Gasteiger partial charge in [-0.25, -0.2) is 5.43 Å². The molecule has 0 fully saturated rings. The fourth-order valence-corrected chi connectivity index (χ4v) is 2.28. The molecule has 0 saturated carbocycles. The lowest BCUT2D eigenvalue weighted by atomic mass is 10.2. The number of benzene rings is 2. The standard InChI is InChI=1S/C16H12N4O/c1-2-6-13-12(5-1)11(9-17-13)10-18-20-16-19-14-7-3-4-8-15(14)21-16/h1-10,17H,(H,19,20)/b18-10+. The molecule has 5 heteroatoms. The molecule has 0 amide bonds. The fourth-order valence-electron chi connectivity index (χ4n) is 2.28. The van der Waals surface area contributed by atoms with Gasteiger partial charge in [0.1, 0.15) is 5.52 Å². The van der Waals surface area contributed by atoms with Crippen molar-refractivity contribution in [3.8, 4) is 0 Å². The summed E-state index contributed by atoms with van der Waals surface area (Å²) in [6.45, 7) is 0. The van der Waals surface area contributed by atoms with Crippen LogP contribution in [-0.2, 0) is 0 Å². The summed E-state index contributed by atoms with van der Waals surface area (Å²) in [7, 11) is 0. The van der Waals surface area contributed by atoms with E-state index in [-0.39, 0.29) is 0 Å². The average molecular weight is 276 g/mol. The molecule has 4 aromatic rings. The minimum absolute atomic E-state index is 0.382. The van der Waals surface area contributed by atoms with Gasteiger partial charge in [0.25, 0.3) is 0 Å². The van der Waals surface area contributed by atoms with Crippen molar-refractivity contribution >= 4 is 34.2 Å². The highest BCUT2D eigenvalue weighted by atomic mass is 16.4. The third kappa shape index (κ3) is 2.14. The van der Waals surface area contributed by atoms with Crippen molar-refractivity contribution in [2.24, 2.45) is 5.10 Å². The van der Waals surface area contributed by atoms with Gasteiger partial charge in [0.15, 0.2) is 5.58 Å². The summed E-state index contributed by atoms with van der Waals surface area (Å²) in [6.07, 6.45) is 3.66. The van der Waals surface area contributed by atoms with Crippen LogP contribution in [0.1, 0.15) is 5.56 Å². The Morgan fingerprint density at radius 3 is 2.90 bits per heavy atom. The molecule has 4 rings (SSSR count). The zero-order chi connectivity index (χ0) is 14.1. The number of rotatable bonds is 3. The first-order valence-electron chi connectivity index (χ1n) is 6.61. The number of hydrazone groups is 1. The van der Waals surface area contributed by atoms with Gasteiger partial charge in [-0.05, 0) is 18.2 Å². The van der Waals surface area contributed by atoms with E-state index in [0.717, 1.165) is 27.6 Å². The molecule has 0 unspecified atom stereocenters. The predicted molar refractivity (Wildman–Crippen MR) is 83.5 cm³/mol. The zero-order valence-corrected chi connectivity index (χ0v) is 11.1. The number of aromatic amines is 1. The van der Waals surface area contributed by atoms with Crippen LogP contribution in [0.5, 0.6) is 0 Å². The summed E-state index contributed by atoms with van der Waals surface area (Å²) < 4.78 is 5.53. The van der Waals surface area contributed by atoms with Crippen molar-refractivity contribution in [3.63, 3.8) is 0 Å². The number of H-pyrrole nitrogens is 1. The number of nitrogens with zero attached hydrogens (tertiary/aromatic N) is 2. The second kappa shape index (κ2) is 4.79. The zero-order valence-electron chi connectivity index (χ0n) is 11.1. The van der Waals surface area contributed by atoms with E-state index in [9.17, 15) is 0 Å². The van der Waals surface area contributed by atoms with Crippen LogP contribution in [0.2, 0.25) is 0 Å². The van der Waals surface area contributed by atoms with Crippen molar-refractivity contribution in [2.45, 2.75) is 0 Å². The third-order valence-corrected chi connectivity index (χ3v) is 3.28. The monoisotopic (exact) mass is 276 g/mol. The molecule has 21 heavy (non-hydrogen) atoms. The largest absolute Gasteiger partial charge is 0.422 e. The first-order valence-corrected chi connectivity index (χ1v) is 6.61. The van der Waals surface area contributed by atoms with Gasteiger partial charge in [0, 0.05) is 22.7 Å². The van der Waals surface area contributed by atoms with Crippen molar-refractivity contribution in [1.29, 1.82) is 0 Å². The Hall–Kier alpha value is -3.08. The number of anilines is 1. The number of fused-ring (bicyclic) bond motifs is 2. The molecular weight excluding hydrogens is 264 g/mol. The Kier molecular flexibility index (Phi) is 2.67. The molecule has 2 aromatic carbocycles. The molecule has 5 nitrogen and oxygen atoms in total. The van der Waals surface area contributed by atoms with Gasteiger partial charge in [-0.3, -0.25) is 0 Å². The van der Waals surface area contributed by atoms with Gasteiger partial charge in [0.05, 0.1) is 6.21 Å². The van der Waals surface area contributed by atoms with E-state index in [2.05, 4.69) is 20.5 Å². The molecule has 0 aliphatic rings. The highest BCUT2D eigenvalue weighted by Crippen LogP contribution is 2.18. The summed E-state index contributed by atoms with van der Waals surface area (Å²) in [5.41, 5.74) is 6.45. The molecule has 0 atom stereocenters. The number of aromatic nitrogens is 2. The van der Waals surface area contributed by atoms with Crippen LogP contribution in [-0.4, -0.2) is 16.2 Å². The topological polar surface area (TPSA) is 66.2 Å². The maximum atomic E-state index is 5.53. The third-order valence-electron chi connectivity index (χ3n) is 3.28. The number of para-hydroxylation sites is 3. The summed E-state index contributed by atoms with van der Waals surface area (Å²) in [4.78, 5) is 7.49. The van der Waals surface area contributed by atoms with Crippen molar-refractivity contribution in [1.82, 2.24) is 9.97 Å². The summed E-state index contributed by atoms with van der Waals surface area (Å²) in [6, 6.07) is 16.1. The number of nitrogens with one attached hydrogen (secondary N) is 2. The predicted octanol–water partition coefficient (Wildman–Crippen LogP) is 3.76. The van der Waals surface area contributed by atoms with E-state index in [0.29, 0.717) is 6.01 Å². The lowest BCUT2D eigenvalue weighted by Gasteiger charge is -1.92. The van der Waals surface area contributed by atoms with Crippen LogP contribution < -0.4 is 5.43 Å². The summed E-state index contributed by atoms with van der Waals surface area (Å²) in [5.74, 6) is 0. The molecule has 0 aliphatic heterocycles. The van der Waals surface area contributed by atoms with Crippen molar-refractivity contribution < 1.29 is 4.42 Å². The second-order valence-corrected chi connectivity index (χ2v) is 4.65. The molecule has 2 heterocycles. The number of hydrogen-bond acceptors (Lipinski definition) is 4. The lowest BCUT2D eigenvalue weighted by molar-refractivity contribution is 0.617. The molecule has 0 aliphatic carbocycles. The van der Waals surface area contributed by atoms with Crippen LogP contribution in [0.3, 0.4) is 0 Å². The average Bonchev–Trinajstić information content (AvgIpc) is 3.11. The first-order chi connectivity index (χ1) is 10.4. The van der Waals surface area contributed by atoms with Gasteiger partial charge in [-0.1, -0.05) is 30.3 Å². The second-order valence-electron chi connectivity index (χ2n) is 4.65. The lowest BCUT2D eigenvalue weighted by Crippen LogP contribution is -1.89. The molecule has 0 saturated heterocycles. The molecule has 102 valence electrons. The maximum absolute atomic E-state index is 5.53. The van der Waals surface area contributed by atoms with Gasteiger partial charge >= 0.3 is 6.01 Å². The molecule has 0 spiro atoms. The van der Waals surface area contributed by atoms with Crippen LogP contribution in [0, 0.1) is 0 Å². The highest BCUT2D eigenvalue weighted by molar-refractivity contribution is 5.99. The van der Waals surface area contributed by atoms with Crippen molar-refractivity contribution in [3.05, 3.63) is 60.3 Å². The summed E-state index contributed by atoms with van der Waals surface area (Å²) in [5, 5.41) is 5.30. The summed E-state index contributed by atoms with van der Waals surface area (Å²) >= 11 is 0. The normalized spacial score (nSPS) is 11.6. The Morgan fingerprint density at radius 1 is 1.10 bits per heavy atom. The fraction of sp³-hybridized carbons (Fsp3) is 0. The highest BCUT2D eigenvalue weighted by Gasteiger charge is 2.03. The maximum Gasteiger partial charge on any atom is 0.316 e. The minimum Gasteiger partial charge on any atom is -0.422 e. The molecular formula is C16H12N4O. The first kappa shape index (κ1) is 11.7. The minimum atomic E-state index is 0.382. The van der Waals surface area contributed by atoms with Gasteiger partial charge in [0.2, 0.25) is 0 Å². The molecule has 0 bridgehead atoms. The molecule has 2 N–H and O–H groups in total.